The molecule has 0 atom stereocenters. The standard InChI is InChI=1S/C18H20N4O/c23-17-3-1-14(2-4-17)11-15-13-22-8-5-16(12-18(22)20-15)21-9-6-19-7-10-21/h1-5,8,12-13,19,23H,6-7,9-11H2. The van der Waals surface area contributed by atoms with E-state index in [1.165, 1.54) is 5.69 Å². The molecule has 1 aliphatic heterocycles. The predicted molar refractivity (Wildman–Crippen MR) is 91.2 cm³/mol. The fourth-order valence-electron chi connectivity index (χ4n) is 3.05. The van der Waals surface area contributed by atoms with Crippen molar-refractivity contribution in [3.63, 3.8) is 0 Å². The summed E-state index contributed by atoms with van der Waals surface area (Å²) in [4.78, 5) is 7.14. The number of pyridine rings is 1. The van der Waals surface area contributed by atoms with E-state index in [0.29, 0.717) is 5.75 Å². The number of fused-ring (bicyclic) bond motifs is 1. The second kappa shape index (κ2) is 5.93. The van der Waals surface area contributed by atoms with Gasteiger partial charge in [-0.2, -0.15) is 0 Å². The summed E-state index contributed by atoms with van der Waals surface area (Å²) in [5, 5.41) is 12.7. The molecule has 118 valence electrons. The van der Waals surface area contributed by atoms with Crippen LogP contribution in [0.2, 0.25) is 0 Å². The van der Waals surface area contributed by atoms with Gasteiger partial charge >= 0.3 is 0 Å². The lowest BCUT2D eigenvalue weighted by Gasteiger charge is -2.29. The molecule has 2 aromatic heterocycles. The lowest BCUT2D eigenvalue weighted by Crippen LogP contribution is -2.43. The smallest absolute Gasteiger partial charge is 0.139 e. The maximum absolute atomic E-state index is 9.36. The largest absolute Gasteiger partial charge is 0.508 e. The molecule has 0 aliphatic carbocycles. The number of anilines is 1. The van der Waals surface area contributed by atoms with Crippen LogP contribution < -0.4 is 10.2 Å². The van der Waals surface area contributed by atoms with E-state index in [9.17, 15) is 5.11 Å². The molecular weight excluding hydrogens is 288 g/mol. The topological polar surface area (TPSA) is 52.8 Å². The highest BCUT2D eigenvalue weighted by molar-refractivity contribution is 5.57. The number of imidazole rings is 1. The van der Waals surface area contributed by atoms with Gasteiger partial charge in [0.15, 0.2) is 0 Å². The molecule has 4 rings (SSSR count). The number of aromatic hydroxyl groups is 1. The Morgan fingerprint density at radius 1 is 1.09 bits per heavy atom. The van der Waals surface area contributed by atoms with Gasteiger partial charge in [0, 0.05) is 56.7 Å². The van der Waals surface area contributed by atoms with E-state index in [-0.39, 0.29) is 0 Å². The molecule has 23 heavy (non-hydrogen) atoms. The Labute approximate surface area is 135 Å². The van der Waals surface area contributed by atoms with Crippen molar-refractivity contribution >= 4 is 11.3 Å². The first kappa shape index (κ1) is 14.1. The number of aromatic nitrogens is 2. The van der Waals surface area contributed by atoms with Crippen LogP contribution in [0.1, 0.15) is 11.3 Å². The number of piperazine rings is 1. The Hall–Kier alpha value is -2.53. The summed E-state index contributed by atoms with van der Waals surface area (Å²) in [5.74, 6) is 0.296. The number of hydrogen-bond acceptors (Lipinski definition) is 4. The molecule has 0 amide bonds. The molecule has 0 unspecified atom stereocenters. The van der Waals surface area contributed by atoms with Crippen LogP contribution in [0.5, 0.6) is 5.75 Å². The van der Waals surface area contributed by atoms with Crippen molar-refractivity contribution in [3.05, 3.63) is 60.0 Å². The van der Waals surface area contributed by atoms with Gasteiger partial charge < -0.3 is 19.7 Å². The quantitative estimate of drug-likeness (QED) is 0.777. The Kier molecular flexibility index (Phi) is 3.63. The minimum absolute atomic E-state index is 0.296. The molecule has 1 saturated heterocycles. The second-order valence-electron chi connectivity index (χ2n) is 5.96. The first-order valence-electron chi connectivity index (χ1n) is 7.99. The number of nitrogens with one attached hydrogen (secondary N) is 1. The lowest BCUT2D eigenvalue weighted by atomic mass is 10.1. The third-order valence-corrected chi connectivity index (χ3v) is 4.30. The van der Waals surface area contributed by atoms with Gasteiger partial charge in [0.2, 0.25) is 0 Å². The van der Waals surface area contributed by atoms with Gasteiger partial charge in [0.05, 0.1) is 5.69 Å². The average molecular weight is 308 g/mol. The van der Waals surface area contributed by atoms with Gasteiger partial charge in [-0.25, -0.2) is 4.98 Å². The average Bonchev–Trinajstić information content (AvgIpc) is 2.99. The van der Waals surface area contributed by atoms with Gasteiger partial charge in [-0.05, 0) is 23.8 Å². The fraction of sp³-hybridized carbons (Fsp3) is 0.278. The first-order chi connectivity index (χ1) is 11.3. The number of rotatable bonds is 3. The van der Waals surface area contributed by atoms with E-state index in [4.69, 9.17) is 4.98 Å². The number of phenols is 1. The van der Waals surface area contributed by atoms with Crippen molar-refractivity contribution in [2.24, 2.45) is 0 Å². The summed E-state index contributed by atoms with van der Waals surface area (Å²) in [5.41, 5.74) is 4.40. The first-order valence-corrected chi connectivity index (χ1v) is 7.99. The SMILES string of the molecule is Oc1ccc(Cc2cn3ccc(N4CCNCC4)cc3n2)cc1. The molecule has 1 aromatic carbocycles. The number of benzene rings is 1. The van der Waals surface area contributed by atoms with Crippen molar-refractivity contribution in [3.8, 4) is 5.75 Å². The van der Waals surface area contributed by atoms with Crippen LogP contribution in [0, 0.1) is 0 Å². The maximum atomic E-state index is 9.36. The van der Waals surface area contributed by atoms with Crippen LogP contribution in [0.3, 0.4) is 0 Å². The van der Waals surface area contributed by atoms with E-state index in [0.717, 1.165) is 49.5 Å². The zero-order valence-corrected chi connectivity index (χ0v) is 12.9. The summed E-state index contributed by atoms with van der Waals surface area (Å²) in [6, 6.07) is 11.6. The van der Waals surface area contributed by atoms with Crippen LogP contribution in [0.15, 0.2) is 48.8 Å². The van der Waals surface area contributed by atoms with Gasteiger partial charge in [-0.15, -0.1) is 0 Å². The van der Waals surface area contributed by atoms with Crippen molar-refractivity contribution in [1.29, 1.82) is 0 Å². The highest BCUT2D eigenvalue weighted by atomic mass is 16.3. The van der Waals surface area contributed by atoms with Crippen LogP contribution in [0.4, 0.5) is 5.69 Å². The molecular formula is C18H20N4O. The lowest BCUT2D eigenvalue weighted by molar-refractivity contribution is 0.475. The summed E-state index contributed by atoms with van der Waals surface area (Å²) >= 11 is 0. The molecule has 0 bridgehead atoms. The maximum Gasteiger partial charge on any atom is 0.139 e. The van der Waals surface area contributed by atoms with Crippen molar-refractivity contribution in [1.82, 2.24) is 14.7 Å². The molecule has 1 aliphatic rings. The molecule has 3 aromatic rings. The molecule has 2 N–H and O–H groups in total. The van der Waals surface area contributed by atoms with Gasteiger partial charge in [0.1, 0.15) is 11.4 Å². The normalized spacial score (nSPS) is 15.2. The van der Waals surface area contributed by atoms with Gasteiger partial charge in [-0.3, -0.25) is 0 Å². The summed E-state index contributed by atoms with van der Waals surface area (Å²) in [6.07, 6.45) is 4.93. The van der Waals surface area contributed by atoms with Crippen molar-refractivity contribution < 1.29 is 5.11 Å². The van der Waals surface area contributed by atoms with E-state index >= 15 is 0 Å². The Morgan fingerprint density at radius 3 is 2.65 bits per heavy atom. The molecule has 5 heteroatoms. The highest BCUT2D eigenvalue weighted by Crippen LogP contribution is 2.19. The van der Waals surface area contributed by atoms with Crippen LogP contribution >= 0.6 is 0 Å². The second-order valence-corrected chi connectivity index (χ2v) is 5.96. The van der Waals surface area contributed by atoms with Gasteiger partial charge in [-0.1, -0.05) is 12.1 Å². The van der Waals surface area contributed by atoms with Crippen molar-refractivity contribution in [2.75, 3.05) is 31.1 Å². The molecule has 0 radical (unpaired) electrons. The van der Waals surface area contributed by atoms with Crippen molar-refractivity contribution in [2.45, 2.75) is 6.42 Å². The summed E-state index contributed by atoms with van der Waals surface area (Å²) < 4.78 is 2.07. The number of nitrogens with zero attached hydrogens (tertiary/aromatic N) is 3. The van der Waals surface area contributed by atoms with Gasteiger partial charge in [0.25, 0.3) is 0 Å². The van der Waals surface area contributed by atoms with E-state index in [1.807, 2.05) is 12.1 Å². The number of phenolic OH excluding ortho intramolecular Hbond substituents is 1. The fourth-order valence-corrected chi connectivity index (χ4v) is 3.05. The van der Waals surface area contributed by atoms with Crippen LogP contribution in [-0.4, -0.2) is 40.7 Å². The third kappa shape index (κ3) is 3.00. The molecule has 1 fully saturated rings. The van der Waals surface area contributed by atoms with E-state index in [2.05, 4.69) is 39.1 Å². The Morgan fingerprint density at radius 2 is 1.87 bits per heavy atom. The predicted octanol–water partition coefficient (Wildman–Crippen LogP) is 2.04. The Balaban J connectivity index is 1.58. The zero-order chi connectivity index (χ0) is 15.6. The highest BCUT2D eigenvalue weighted by Gasteiger charge is 2.11. The molecule has 3 heterocycles. The van der Waals surface area contributed by atoms with Crippen LogP contribution in [-0.2, 0) is 6.42 Å². The van der Waals surface area contributed by atoms with Crippen LogP contribution in [0.25, 0.3) is 5.65 Å². The Bertz CT molecular complexity index is 804. The molecule has 0 saturated carbocycles. The van der Waals surface area contributed by atoms with E-state index < -0.39 is 0 Å². The summed E-state index contributed by atoms with van der Waals surface area (Å²) in [7, 11) is 0. The molecule has 0 spiro atoms. The molecule has 5 nitrogen and oxygen atoms in total. The summed E-state index contributed by atoms with van der Waals surface area (Å²) in [6.45, 7) is 4.14. The number of hydrogen-bond donors (Lipinski definition) is 2. The monoisotopic (exact) mass is 308 g/mol. The third-order valence-electron chi connectivity index (χ3n) is 4.30. The zero-order valence-electron chi connectivity index (χ0n) is 12.9. The minimum atomic E-state index is 0.296. The van der Waals surface area contributed by atoms with E-state index in [1.54, 1.807) is 12.1 Å². The minimum Gasteiger partial charge on any atom is -0.508 e.